The van der Waals surface area contributed by atoms with Crippen molar-refractivity contribution in [2.24, 2.45) is 5.92 Å². The van der Waals surface area contributed by atoms with Crippen molar-refractivity contribution in [3.63, 3.8) is 0 Å². The first kappa shape index (κ1) is 13.2. The maximum Gasteiger partial charge on any atom is 0.326 e. The average molecular weight is 239 g/mol. The van der Waals surface area contributed by atoms with Crippen LogP contribution in [0.2, 0.25) is 0 Å². The number of amides is 1. The summed E-state index contributed by atoms with van der Waals surface area (Å²) in [7, 11) is 0. The number of carboxylic acid groups (broad SMARTS) is 1. The van der Waals surface area contributed by atoms with Crippen LogP contribution in [0.4, 0.5) is 0 Å². The molecule has 0 aromatic carbocycles. The monoisotopic (exact) mass is 239 g/mol. The highest BCUT2D eigenvalue weighted by molar-refractivity contribution is 5.95. The molecule has 1 aromatic rings. The Balaban J connectivity index is 2.74. The van der Waals surface area contributed by atoms with E-state index in [1.54, 1.807) is 19.9 Å². The first-order valence-corrected chi connectivity index (χ1v) is 5.51. The summed E-state index contributed by atoms with van der Waals surface area (Å²) in [6, 6.07) is 0.690. The number of carbonyl (C=O) groups is 2. The molecule has 17 heavy (non-hydrogen) atoms. The van der Waals surface area contributed by atoms with Crippen LogP contribution in [0.1, 0.15) is 36.5 Å². The fourth-order valence-electron chi connectivity index (χ4n) is 1.43. The molecule has 0 aliphatic heterocycles. The van der Waals surface area contributed by atoms with E-state index < -0.39 is 17.9 Å². The molecule has 0 aliphatic carbocycles. The Morgan fingerprint density at radius 3 is 2.65 bits per heavy atom. The van der Waals surface area contributed by atoms with Crippen LogP contribution in [-0.2, 0) is 4.79 Å². The van der Waals surface area contributed by atoms with Crippen LogP contribution in [0.3, 0.4) is 0 Å². The van der Waals surface area contributed by atoms with Gasteiger partial charge in [-0.2, -0.15) is 5.10 Å². The van der Waals surface area contributed by atoms with E-state index in [4.69, 9.17) is 5.11 Å². The van der Waals surface area contributed by atoms with Gasteiger partial charge in [0.05, 0.1) is 0 Å². The maximum absolute atomic E-state index is 11.7. The highest BCUT2D eigenvalue weighted by Gasteiger charge is 2.26. The zero-order valence-corrected chi connectivity index (χ0v) is 10.2. The number of hydrogen-bond acceptors (Lipinski definition) is 3. The molecule has 1 amide bonds. The largest absolute Gasteiger partial charge is 0.480 e. The summed E-state index contributed by atoms with van der Waals surface area (Å²) in [6.07, 6.45) is 0.677. The lowest BCUT2D eigenvalue weighted by molar-refractivity contribution is -0.140. The minimum atomic E-state index is -1.03. The number of carbonyl (C=O) groups excluding carboxylic acids is 1. The summed E-state index contributed by atoms with van der Waals surface area (Å²) in [5.74, 6) is -1.63. The predicted molar refractivity (Wildman–Crippen MR) is 61.7 cm³/mol. The lowest BCUT2D eigenvalue weighted by atomic mass is 9.99. The van der Waals surface area contributed by atoms with Gasteiger partial charge in [-0.1, -0.05) is 20.3 Å². The lowest BCUT2D eigenvalue weighted by Crippen LogP contribution is -2.45. The van der Waals surface area contributed by atoms with Gasteiger partial charge in [0, 0.05) is 5.69 Å². The standard InChI is InChI=1S/C11H17N3O3/c1-4-6(2)9(11(16)17)12-10(15)8-5-7(3)13-14-8/h5-6,9H,4H2,1-3H3,(H,12,15)(H,13,14)(H,16,17)/t6?,9-/m0/s1. The summed E-state index contributed by atoms with van der Waals surface area (Å²) in [5.41, 5.74) is 0.961. The fourth-order valence-corrected chi connectivity index (χ4v) is 1.43. The molecule has 6 heteroatoms. The summed E-state index contributed by atoms with van der Waals surface area (Å²) in [6.45, 7) is 5.44. The van der Waals surface area contributed by atoms with Gasteiger partial charge >= 0.3 is 5.97 Å². The van der Waals surface area contributed by atoms with Crippen molar-refractivity contribution in [3.8, 4) is 0 Å². The second-order valence-corrected chi connectivity index (χ2v) is 4.11. The van der Waals surface area contributed by atoms with Crippen molar-refractivity contribution in [2.75, 3.05) is 0 Å². The summed E-state index contributed by atoms with van der Waals surface area (Å²) < 4.78 is 0. The minimum absolute atomic E-state index is 0.128. The fraction of sp³-hybridized carbons (Fsp3) is 0.545. The van der Waals surface area contributed by atoms with Crippen LogP contribution < -0.4 is 5.32 Å². The molecule has 1 aromatic heterocycles. The highest BCUT2D eigenvalue weighted by atomic mass is 16.4. The molecule has 1 heterocycles. The molecule has 2 atom stereocenters. The number of carboxylic acids is 1. The van der Waals surface area contributed by atoms with Gasteiger partial charge in [-0.3, -0.25) is 9.89 Å². The van der Waals surface area contributed by atoms with Crippen LogP contribution in [0, 0.1) is 12.8 Å². The Labute approximate surface area is 99.4 Å². The minimum Gasteiger partial charge on any atom is -0.480 e. The van der Waals surface area contributed by atoms with Crippen LogP contribution in [-0.4, -0.2) is 33.2 Å². The Hall–Kier alpha value is -1.85. The third-order valence-corrected chi connectivity index (χ3v) is 2.70. The van der Waals surface area contributed by atoms with E-state index in [1.807, 2.05) is 6.92 Å². The van der Waals surface area contributed by atoms with E-state index >= 15 is 0 Å². The molecule has 1 rings (SSSR count). The maximum atomic E-state index is 11.7. The normalized spacial score (nSPS) is 14.1. The molecule has 6 nitrogen and oxygen atoms in total. The van der Waals surface area contributed by atoms with Crippen LogP contribution in [0.5, 0.6) is 0 Å². The van der Waals surface area contributed by atoms with E-state index in [0.29, 0.717) is 6.42 Å². The highest BCUT2D eigenvalue weighted by Crippen LogP contribution is 2.09. The molecular formula is C11H17N3O3. The van der Waals surface area contributed by atoms with Crippen molar-refractivity contribution in [1.29, 1.82) is 0 Å². The van der Waals surface area contributed by atoms with Crippen molar-refractivity contribution >= 4 is 11.9 Å². The van der Waals surface area contributed by atoms with Gasteiger partial charge in [-0.05, 0) is 18.9 Å². The molecule has 0 fully saturated rings. The molecule has 0 saturated heterocycles. The smallest absolute Gasteiger partial charge is 0.326 e. The van der Waals surface area contributed by atoms with Crippen molar-refractivity contribution in [2.45, 2.75) is 33.2 Å². The van der Waals surface area contributed by atoms with Gasteiger partial charge in [0.1, 0.15) is 11.7 Å². The molecule has 0 aliphatic rings. The van der Waals surface area contributed by atoms with Crippen LogP contribution in [0.15, 0.2) is 6.07 Å². The molecule has 3 N–H and O–H groups in total. The van der Waals surface area contributed by atoms with Gasteiger partial charge in [0.2, 0.25) is 0 Å². The molecule has 94 valence electrons. The summed E-state index contributed by atoms with van der Waals surface area (Å²) in [5, 5.41) is 17.9. The number of hydrogen-bond donors (Lipinski definition) is 3. The second kappa shape index (κ2) is 5.47. The first-order valence-electron chi connectivity index (χ1n) is 5.51. The van der Waals surface area contributed by atoms with Gasteiger partial charge in [0.25, 0.3) is 5.91 Å². The molecule has 0 radical (unpaired) electrons. The topological polar surface area (TPSA) is 95.1 Å². The third-order valence-electron chi connectivity index (χ3n) is 2.70. The third kappa shape index (κ3) is 3.30. The van der Waals surface area contributed by atoms with E-state index in [0.717, 1.165) is 5.69 Å². The van der Waals surface area contributed by atoms with E-state index in [9.17, 15) is 9.59 Å². The van der Waals surface area contributed by atoms with Crippen molar-refractivity contribution < 1.29 is 14.7 Å². The number of rotatable bonds is 5. The zero-order chi connectivity index (χ0) is 13.0. The average Bonchev–Trinajstić information content (AvgIpc) is 2.71. The molecule has 0 spiro atoms. The molecule has 0 saturated carbocycles. The number of nitrogens with one attached hydrogen (secondary N) is 2. The van der Waals surface area contributed by atoms with Gasteiger partial charge < -0.3 is 10.4 Å². The number of aryl methyl sites for hydroxylation is 1. The Morgan fingerprint density at radius 1 is 1.59 bits per heavy atom. The Bertz CT molecular complexity index is 414. The van der Waals surface area contributed by atoms with Gasteiger partial charge in [-0.15, -0.1) is 0 Å². The molecular weight excluding hydrogens is 222 g/mol. The second-order valence-electron chi connectivity index (χ2n) is 4.11. The van der Waals surface area contributed by atoms with E-state index in [1.165, 1.54) is 0 Å². The lowest BCUT2D eigenvalue weighted by Gasteiger charge is -2.19. The number of aliphatic carboxylic acids is 1. The van der Waals surface area contributed by atoms with Crippen LogP contribution >= 0.6 is 0 Å². The first-order chi connectivity index (χ1) is 7.95. The number of aromatic nitrogens is 2. The number of nitrogens with zero attached hydrogens (tertiary/aromatic N) is 1. The number of aromatic amines is 1. The van der Waals surface area contributed by atoms with Crippen molar-refractivity contribution in [3.05, 3.63) is 17.5 Å². The van der Waals surface area contributed by atoms with Gasteiger partial charge in [0.15, 0.2) is 0 Å². The molecule has 1 unspecified atom stereocenters. The Morgan fingerprint density at radius 2 is 2.24 bits per heavy atom. The van der Waals surface area contributed by atoms with E-state index in [-0.39, 0.29) is 11.6 Å². The Kier molecular flexibility index (Phi) is 4.25. The summed E-state index contributed by atoms with van der Waals surface area (Å²) in [4.78, 5) is 22.8. The van der Waals surface area contributed by atoms with Crippen molar-refractivity contribution in [1.82, 2.24) is 15.5 Å². The molecule has 0 bridgehead atoms. The predicted octanol–water partition coefficient (Wildman–Crippen LogP) is 0.947. The number of H-pyrrole nitrogens is 1. The zero-order valence-electron chi connectivity index (χ0n) is 10.2. The van der Waals surface area contributed by atoms with Crippen LogP contribution in [0.25, 0.3) is 0 Å². The van der Waals surface area contributed by atoms with Gasteiger partial charge in [-0.25, -0.2) is 4.79 Å². The quantitative estimate of drug-likeness (QED) is 0.712. The van der Waals surface area contributed by atoms with E-state index in [2.05, 4.69) is 15.5 Å². The SMILES string of the molecule is CCC(C)[C@H](NC(=O)c1cc(C)[nH]n1)C(=O)O. The summed E-state index contributed by atoms with van der Waals surface area (Å²) >= 11 is 0.